The van der Waals surface area contributed by atoms with Gasteiger partial charge < -0.3 is 15.8 Å². The van der Waals surface area contributed by atoms with Gasteiger partial charge in [-0.05, 0) is 48.4 Å². The van der Waals surface area contributed by atoms with Crippen molar-refractivity contribution in [3.05, 3.63) is 65.7 Å². The standard InChI is InChI=1S/C19H18N4O/c20-13-17(19-22-11-4-12-23-19)18(21)14-7-9-16(10-8-14)24-15-5-2-1-3-6-15/h1-3,5-10H,4,11-12,21H2,(H,22,23)/b18-17-. The Morgan fingerprint density at radius 3 is 2.42 bits per heavy atom. The van der Waals surface area contributed by atoms with Crippen molar-refractivity contribution >= 4 is 11.5 Å². The molecule has 1 heterocycles. The summed E-state index contributed by atoms with van der Waals surface area (Å²) in [6, 6.07) is 19.1. The first-order chi connectivity index (χ1) is 11.8. The van der Waals surface area contributed by atoms with E-state index >= 15 is 0 Å². The van der Waals surface area contributed by atoms with Crippen molar-refractivity contribution in [1.29, 1.82) is 5.26 Å². The van der Waals surface area contributed by atoms with Crippen LogP contribution in [0.5, 0.6) is 11.5 Å². The minimum Gasteiger partial charge on any atom is -0.457 e. The van der Waals surface area contributed by atoms with Crippen LogP contribution in [0.25, 0.3) is 5.70 Å². The van der Waals surface area contributed by atoms with E-state index in [4.69, 9.17) is 10.5 Å². The fraction of sp³-hybridized carbons (Fsp3) is 0.158. The van der Waals surface area contributed by atoms with Gasteiger partial charge in [-0.15, -0.1) is 0 Å². The van der Waals surface area contributed by atoms with Crippen molar-refractivity contribution < 1.29 is 4.74 Å². The Labute approximate surface area is 141 Å². The maximum Gasteiger partial charge on any atom is 0.141 e. The summed E-state index contributed by atoms with van der Waals surface area (Å²) in [5.41, 5.74) is 7.74. The predicted molar refractivity (Wildman–Crippen MR) is 94.6 cm³/mol. The lowest BCUT2D eigenvalue weighted by Crippen LogP contribution is -2.31. The Kier molecular flexibility index (Phi) is 4.78. The van der Waals surface area contributed by atoms with E-state index in [0.29, 0.717) is 29.4 Å². The first-order valence-corrected chi connectivity index (χ1v) is 7.80. The molecule has 0 saturated heterocycles. The van der Waals surface area contributed by atoms with Crippen LogP contribution in [0.2, 0.25) is 0 Å². The lowest BCUT2D eigenvalue weighted by Gasteiger charge is -2.15. The summed E-state index contributed by atoms with van der Waals surface area (Å²) in [6.07, 6.45) is 0.966. The molecule has 24 heavy (non-hydrogen) atoms. The van der Waals surface area contributed by atoms with Crippen LogP contribution >= 0.6 is 0 Å². The van der Waals surface area contributed by atoms with Crippen LogP contribution in [-0.2, 0) is 0 Å². The second-order valence-corrected chi connectivity index (χ2v) is 5.35. The average Bonchev–Trinajstić information content (AvgIpc) is 2.65. The largest absolute Gasteiger partial charge is 0.457 e. The van der Waals surface area contributed by atoms with Gasteiger partial charge in [0.05, 0.1) is 5.70 Å². The number of amidine groups is 1. The highest BCUT2D eigenvalue weighted by molar-refractivity contribution is 6.08. The molecule has 0 amide bonds. The summed E-state index contributed by atoms with van der Waals surface area (Å²) in [5.74, 6) is 2.06. The van der Waals surface area contributed by atoms with Gasteiger partial charge in [0.25, 0.3) is 0 Å². The zero-order valence-electron chi connectivity index (χ0n) is 13.2. The highest BCUT2D eigenvalue weighted by Crippen LogP contribution is 2.23. The van der Waals surface area contributed by atoms with Gasteiger partial charge in [-0.3, -0.25) is 4.99 Å². The molecule has 0 unspecified atom stereocenters. The minimum absolute atomic E-state index is 0.381. The Morgan fingerprint density at radius 2 is 1.79 bits per heavy atom. The van der Waals surface area contributed by atoms with Gasteiger partial charge in [-0.1, -0.05) is 18.2 Å². The van der Waals surface area contributed by atoms with E-state index in [1.807, 2.05) is 54.6 Å². The molecule has 1 aliphatic rings. The van der Waals surface area contributed by atoms with Crippen molar-refractivity contribution in [2.45, 2.75) is 6.42 Å². The zero-order valence-corrected chi connectivity index (χ0v) is 13.2. The van der Waals surface area contributed by atoms with E-state index in [9.17, 15) is 5.26 Å². The number of rotatable bonds is 4. The van der Waals surface area contributed by atoms with Crippen molar-refractivity contribution in [1.82, 2.24) is 5.32 Å². The molecular formula is C19H18N4O. The first kappa shape index (κ1) is 15.6. The number of hydrogen-bond acceptors (Lipinski definition) is 5. The molecule has 3 N–H and O–H groups in total. The van der Waals surface area contributed by atoms with E-state index in [0.717, 1.165) is 24.3 Å². The SMILES string of the molecule is N#C/C(C1=NCCCN1)=C(/N)c1ccc(Oc2ccccc2)cc1. The van der Waals surface area contributed by atoms with E-state index in [1.54, 1.807) is 0 Å². The third-order valence-corrected chi connectivity index (χ3v) is 3.66. The summed E-state index contributed by atoms with van der Waals surface area (Å²) >= 11 is 0. The highest BCUT2D eigenvalue weighted by atomic mass is 16.5. The van der Waals surface area contributed by atoms with Crippen LogP contribution in [0.3, 0.4) is 0 Å². The molecule has 2 aromatic carbocycles. The summed E-state index contributed by atoms with van der Waals surface area (Å²) in [5, 5.41) is 12.6. The highest BCUT2D eigenvalue weighted by Gasteiger charge is 2.14. The van der Waals surface area contributed by atoms with E-state index in [2.05, 4.69) is 16.4 Å². The van der Waals surface area contributed by atoms with Crippen LogP contribution in [-0.4, -0.2) is 18.9 Å². The molecule has 0 spiro atoms. The molecular weight excluding hydrogens is 300 g/mol. The molecule has 5 heteroatoms. The maximum atomic E-state index is 9.43. The molecule has 2 aromatic rings. The number of nitrogens with one attached hydrogen (secondary N) is 1. The molecule has 120 valence electrons. The molecule has 0 saturated carbocycles. The molecule has 0 aliphatic carbocycles. The molecule has 3 rings (SSSR count). The Hall–Kier alpha value is -3.26. The van der Waals surface area contributed by atoms with Crippen molar-refractivity contribution in [3.8, 4) is 17.6 Å². The molecule has 0 bridgehead atoms. The molecule has 0 fully saturated rings. The van der Waals surface area contributed by atoms with Crippen LogP contribution in [0.1, 0.15) is 12.0 Å². The summed E-state index contributed by atoms with van der Waals surface area (Å²) < 4.78 is 5.76. The summed E-state index contributed by atoms with van der Waals surface area (Å²) in [7, 11) is 0. The third kappa shape index (κ3) is 3.55. The Bertz CT molecular complexity index is 802. The number of nitrogens with zero attached hydrogens (tertiary/aromatic N) is 2. The lowest BCUT2D eigenvalue weighted by atomic mass is 10.1. The predicted octanol–water partition coefficient (Wildman–Crippen LogP) is 3.06. The topological polar surface area (TPSA) is 83.4 Å². The van der Waals surface area contributed by atoms with Gasteiger partial charge in [0.2, 0.25) is 0 Å². The van der Waals surface area contributed by atoms with Gasteiger partial charge in [0.15, 0.2) is 0 Å². The number of hydrogen-bond donors (Lipinski definition) is 2. The quantitative estimate of drug-likeness (QED) is 0.849. The Morgan fingerprint density at radius 1 is 1.08 bits per heavy atom. The average molecular weight is 318 g/mol. The molecule has 1 aliphatic heterocycles. The normalized spacial score (nSPS) is 14.7. The first-order valence-electron chi connectivity index (χ1n) is 7.80. The smallest absolute Gasteiger partial charge is 0.141 e. The fourth-order valence-electron chi connectivity index (χ4n) is 2.41. The summed E-state index contributed by atoms with van der Waals surface area (Å²) in [4.78, 5) is 4.34. The minimum atomic E-state index is 0.381. The van der Waals surface area contributed by atoms with Crippen LogP contribution < -0.4 is 15.8 Å². The van der Waals surface area contributed by atoms with E-state index in [-0.39, 0.29) is 0 Å². The number of ether oxygens (including phenoxy) is 1. The van der Waals surface area contributed by atoms with Crippen LogP contribution in [0.4, 0.5) is 0 Å². The molecule has 0 atom stereocenters. The van der Waals surface area contributed by atoms with Gasteiger partial charge in [0.1, 0.15) is 29.0 Å². The van der Waals surface area contributed by atoms with Crippen LogP contribution in [0, 0.1) is 11.3 Å². The number of nitriles is 1. The van der Waals surface area contributed by atoms with Gasteiger partial charge in [-0.25, -0.2) is 0 Å². The van der Waals surface area contributed by atoms with E-state index in [1.165, 1.54) is 0 Å². The van der Waals surface area contributed by atoms with Crippen molar-refractivity contribution in [2.75, 3.05) is 13.1 Å². The second kappa shape index (κ2) is 7.34. The number of aliphatic imine (C=N–C) groups is 1. The number of para-hydroxylation sites is 1. The summed E-state index contributed by atoms with van der Waals surface area (Å²) in [6.45, 7) is 1.52. The second-order valence-electron chi connectivity index (χ2n) is 5.35. The maximum absolute atomic E-state index is 9.43. The Balaban J connectivity index is 1.82. The molecule has 0 radical (unpaired) electrons. The van der Waals surface area contributed by atoms with Crippen molar-refractivity contribution in [2.24, 2.45) is 10.7 Å². The van der Waals surface area contributed by atoms with Gasteiger partial charge in [0, 0.05) is 13.1 Å². The van der Waals surface area contributed by atoms with Gasteiger partial charge >= 0.3 is 0 Å². The molecule has 5 nitrogen and oxygen atoms in total. The zero-order chi connectivity index (χ0) is 16.8. The van der Waals surface area contributed by atoms with Crippen LogP contribution in [0.15, 0.2) is 65.2 Å². The number of nitrogens with two attached hydrogens (primary N) is 1. The number of benzene rings is 2. The van der Waals surface area contributed by atoms with Gasteiger partial charge in [-0.2, -0.15) is 5.26 Å². The van der Waals surface area contributed by atoms with E-state index < -0.39 is 0 Å². The molecule has 0 aromatic heterocycles. The fourth-order valence-corrected chi connectivity index (χ4v) is 2.41. The third-order valence-electron chi connectivity index (χ3n) is 3.66. The lowest BCUT2D eigenvalue weighted by molar-refractivity contribution is 0.482. The monoisotopic (exact) mass is 318 g/mol. The van der Waals surface area contributed by atoms with Crippen molar-refractivity contribution in [3.63, 3.8) is 0 Å².